The van der Waals surface area contributed by atoms with Gasteiger partial charge in [-0.3, -0.25) is 0 Å². The third kappa shape index (κ3) is 4.81. The number of aliphatic hydroxyl groups is 1. The Morgan fingerprint density at radius 1 is 1.38 bits per heavy atom. The third-order valence-corrected chi connectivity index (χ3v) is 3.87. The number of likely N-dealkylation sites (tertiary alicyclic amines) is 1. The summed E-state index contributed by atoms with van der Waals surface area (Å²) in [4.78, 5) is 2.54. The van der Waals surface area contributed by atoms with E-state index in [0.29, 0.717) is 0 Å². The molecule has 0 amide bonds. The second-order valence-corrected chi connectivity index (χ2v) is 5.61. The molecular weight excluding hydrogens is 200 g/mol. The van der Waals surface area contributed by atoms with Crippen LogP contribution in [0.25, 0.3) is 0 Å². The largest absolute Gasteiger partial charge is 0.394 e. The van der Waals surface area contributed by atoms with E-state index in [4.69, 9.17) is 10.8 Å². The Bertz CT molecular complexity index is 186. The molecule has 1 fully saturated rings. The molecule has 3 N–H and O–H groups in total. The maximum Gasteiger partial charge on any atom is 0.0608 e. The summed E-state index contributed by atoms with van der Waals surface area (Å²) in [5.41, 5.74) is 5.52. The minimum absolute atomic E-state index is 0.0882. The van der Waals surface area contributed by atoms with E-state index >= 15 is 0 Å². The van der Waals surface area contributed by atoms with Gasteiger partial charge in [0, 0.05) is 5.54 Å². The van der Waals surface area contributed by atoms with Crippen molar-refractivity contribution in [2.75, 3.05) is 26.2 Å². The van der Waals surface area contributed by atoms with Crippen LogP contribution in [0.15, 0.2) is 0 Å². The normalized spacial score (nSPS) is 23.2. The van der Waals surface area contributed by atoms with E-state index < -0.39 is 0 Å². The lowest BCUT2D eigenvalue weighted by molar-refractivity contribution is 0.162. The molecule has 16 heavy (non-hydrogen) atoms. The van der Waals surface area contributed by atoms with Crippen LogP contribution in [0, 0.1) is 5.92 Å². The van der Waals surface area contributed by atoms with E-state index in [0.717, 1.165) is 25.3 Å². The molecule has 3 nitrogen and oxygen atoms in total. The van der Waals surface area contributed by atoms with Crippen LogP contribution in [0.3, 0.4) is 0 Å². The third-order valence-electron chi connectivity index (χ3n) is 3.87. The first-order valence-corrected chi connectivity index (χ1v) is 6.69. The Morgan fingerprint density at radius 2 is 2.00 bits per heavy atom. The fraction of sp³-hybridized carbons (Fsp3) is 1.00. The number of aliphatic hydroxyl groups excluding tert-OH is 1. The van der Waals surface area contributed by atoms with E-state index in [2.05, 4.69) is 11.8 Å². The first-order chi connectivity index (χ1) is 7.57. The molecule has 3 heteroatoms. The topological polar surface area (TPSA) is 49.5 Å². The molecule has 0 saturated carbocycles. The molecule has 96 valence electrons. The van der Waals surface area contributed by atoms with Crippen LogP contribution in [-0.2, 0) is 0 Å². The first kappa shape index (κ1) is 13.9. The van der Waals surface area contributed by atoms with Gasteiger partial charge in [-0.25, -0.2) is 0 Å². The molecule has 1 saturated heterocycles. The number of hydrogen-bond donors (Lipinski definition) is 2. The monoisotopic (exact) mass is 228 g/mol. The van der Waals surface area contributed by atoms with Gasteiger partial charge in [0.05, 0.1) is 6.61 Å². The summed E-state index contributed by atoms with van der Waals surface area (Å²) < 4.78 is 0. The predicted molar refractivity (Wildman–Crippen MR) is 68.4 cm³/mol. The highest BCUT2D eigenvalue weighted by molar-refractivity contribution is 4.78. The van der Waals surface area contributed by atoms with E-state index in [1.807, 2.05) is 6.92 Å². The molecule has 0 aliphatic carbocycles. The summed E-state index contributed by atoms with van der Waals surface area (Å²) in [5.74, 6) is 0.952. The first-order valence-electron chi connectivity index (χ1n) is 6.69. The van der Waals surface area contributed by atoms with E-state index in [1.54, 1.807) is 0 Å². The van der Waals surface area contributed by atoms with Gasteiger partial charge < -0.3 is 15.7 Å². The predicted octanol–water partition coefficient (Wildman–Crippen LogP) is 1.60. The number of nitrogens with two attached hydrogens (primary N) is 1. The number of rotatable bonds is 6. The zero-order valence-corrected chi connectivity index (χ0v) is 10.9. The molecule has 0 aromatic rings. The lowest BCUT2D eigenvalue weighted by atomic mass is 9.93. The maximum atomic E-state index is 9.06. The van der Waals surface area contributed by atoms with Crippen molar-refractivity contribution in [3.63, 3.8) is 0 Å². The highest BCUT2D eigenvalue weighted by Gasteiger charge is 2.19. The Morgan fingerprint density at radius 3 is 2.50 bits per heavy atom. The quantitative estimate of drug-likeness (QED) is 0.726. The van der Waals surface area contributed by atoms with E-state index in [1.165, 1.54) is 32.4 Å². The van der Waals surface area contributed by atoms with Crippen molar-refractivity contribution in [1.82, 2.24) is 4.90 Å². The SMILES string of the molecule is CCC1CCN(CCCC(C)(N)CO)CC1. The minimum Gasteiger partial charge on any atom is -0.394 e. The number of nitrogens with zero attached hydrogens (tertiary/aromatic N) is 1. The van der Waals surface area contributed by atoms with Crippen LogP contribution in [0.2, 0.25) is 0 Å². The molecule has 0 bridgehead atoms. The van der Waals surface area contributed by atoms with Crippen molar-refractivity contribution in [3.05, 3.63) is 0 Å². The summed E-state index contributed by atoms with van der Waals surface area (Å²) in [6.07, 6.45) is 6.06. The van der Waals surface area contributed by atoms with Gasteiger partial charge in [-0.05, 0) is 58.2 Å². The molecule has 1 rings (SSSR count). The molecule has 1 atom stereocenters. The summed E-state index contributed by atoms with van der Waals surface area (Å²) in [5, 5.41) is 9.06. The Kier molecular flexibility index (Phi) is 5.73. The minimum atomic E-state index is -0.387. The molecule has 0 spiro atoms. The van der Waals surface area contributed by atoms with Crippen LogP contribution >= 0.6 is 0 Å². The van der Waals surface area contributed by atoms with Crippen LogP contribution in [-0.4, -0.2) is 41.8 Å². The van der Waals surface area contributed by atoms with Gasteiger partial charge in [0.15, 0.2) is 0 Å². The van der Waals surface area contributed by atoms with Gasteiger partial charge in [0.25, 0.3) is 0 Å². The van der Waals surface area contributed by atoms with E-state index in [9.17, 15) is 0 Å². The smallest absolute Gasteiger partial charge is 0.0608 e. The van der Waals surface area contributed by atoms with Crippen molar-refractivity contribution in [2.45, 2.75) is 51.5 Å². The summed E-state index contributed by atoms with van der Waals surface area (Å²) in [7, 11) is 0. The molecule has 1 aliphatic heterocycles. The zero-order valence-electron chi connectivity index (χ0n) is 10.9. The van der Waals surface area contributed by atoms with Gasteiger partial charge in [0.1, 0.15) is 0 Å². The fourth-order valence-corrected chi connectivity index (χ4v) is 2.40. The lowest BCUT2D eigenvalue weighted by Gasteiger charge is -2.32. The van der Waals surface area contributed by atoms with Crippen molar-refractivity contribution < 1.29 is 5.11 Å². The Hall–Kier alpha value is -0.120. The summed E-state index contributed by atoms with van der Waals surface area (Å²) >= 11 is 0. The highest BCUT2D eigenvalue weighted by atomic mass is 16.3. The van der Waals surface area contributed by atoms with Crippen molar-refractivity contribution in [2.24, 2.45) is 11.7 Å². The average molecular weight is 228 g/mol. The van der Waals surface area contributed by atoms with E-state index in [-0.39, 0.29) is 12.1 Å². The lowest BCUT2D eigenvalue weighted by Crippen LogP contribution is -2.41. The van der Waals surface area contributed by atoms with Crippen LogP contribution in [0.1, 0.15) is 46.0 Å². The molecule has 1 heterocycles. The van der Waals surface area contributed by atoms with Crippen molar-refractivity contribution in [3.8, 4) is 0 Å². The molecular formula is C13H28N2O. The second-order valence-electron chi connectivity index (χ2n) is 5.61. The zero-order chi connectivity index (χ0) is 12.0. The maximum absolute atomic E-state index is 9.06. The number of piperidine rings is 1. The molecule has 0 aromatic heterocycles. The standard InChI is InChI=1S/C13H28N2O/c1-3-12-5-9-15(10-6-12)8-4-7-13(2,14)11-16/h12,16H,3-11,14H2,1-2H3. The van der Waals surface area contributed by atoms with Gasteiger partial charge >= 0.3 is 0 Å². The second kappa shape index (κ2) is 6.58. The van der Waals surface area contributed by atoms with Gasteiger partial charge in [0.2, 0.25) is 0 Å². The number of hydrogen-bond acceptors (Lipinski definition) is 3. The highest BCUT2D eigenvalue weighted by Crippen LogP contribution is 2.20. The molecule has 1 unspecified atom stereocenters. The molecule has 0 aromatic carbocycles. The van der Waals surface area contributed by atoms with Crippen molar-refractivity contribution >= 4 is 0 Å². The Labute approximate surface area is 100 Å². The fourth-order valence-electron chi connectivity index (χ4n) is 2.40. The van der Waals surface area contributed by atoms with Crippen LogP contribution in [0.5, 0.6) is 0 Å². The van der Waals surface area contributed by atoms with Gasteiger partial charge in [-0.1, -0.05) is 13.3 Å². The van der Waals surface area contributed by atoms with Gasteiger partial charge in [-0.15, -0.1) is 0 Å². The Balaban J connectivity index is 2.11. The molecule has 0 radical (unpaired) electrons. The molecule has 1 aliphatic rings. The van der Waals surface area contributed by atoms with Crippen LogP contribution < -0.4 is 5.73 Å². The van der Waals surface area contributed by atoms with Crippen LogP contribution in [0.4, 0.5) is 0 Å². The summed E-state index contributed by atoms with van der Waals surface area (Å²) in [6.45, 7) is 7.95. The summed E-state index contributed by atoms with van der Waals surface area (Å²) in [6, 6.07) is 0. The van der Waals surface area contributed by atoms with Gasteiger partial charge in [-0.2, -0.15) is 0 Å². The van der Waals surface area contributed by atoms with Crippen molar-refractivity contribution in [1.29, 1.82) is 0 Å². The average Bonchev–Trinajstić information content (AvgIpc) is 2.30.